The number of hydrogen-bond acceptors (Lipinski definition) is 6. The molecule has 0 saturated heterocycles. The average Bonchev–Trinajstić information content (AvgIpc) is 3.29. The molecule has 0 bridgehead atoms. The number of hydrogen-bond donors (Lipinski definition) is 2. The van der Waals surface area contributed by atoms with Crippen molar-refractivity contribution in [3.8, 4) is 6.19 Å². The van der Waals surface area contributed by atoms with Crippen LogP contribution in [0.4, 0.5) is 6.01 Å². The Morgan fingerprint density at radius 3 is 2.18 bits per heavy atom. The highest BCUT2D eigenvalue weighted by Gasteiger charge is 2.15. The lowest BCUT2D eigenvalue weighted by molar-refractivity contribution is 0.569. The van der Waals surface area contributed by atoms with Crippen molar-refractivity contribution in [2.75, 3.05) is 16.8 Å². The second-order valence-corrected chi connectivity index (χ2v) is 9.83. The Morgan fingerprint density at radius 2 is 1.65 bits per heavy atom. The lowest BCUT2D eigenvalue weighted by Crippen LogP contribution is -2.37. The second kappa shape index (κ2) is 17.7. The van der Waals surface area contributed by atoms with E-state index in [9.17, 15) is 0 Å². The number of nitriles is 1. The van der Waals surface area contributed by atoms with Gasteiger partial charge in [-0.1, -0.05) is 46.6 Å². The smallest absolute Gasteiger partial charge is 0.295 e. The number of thioether (sulfide) groups is 1. The van der Waals surface area contributed by atoms with E-state index in [2.05, 4.69) is 74.2 Å². The summed E-state index contributed by atoms with van der Waals surface area (Å²) in [5, 5.41) is 11.9. The highest BCUT2D eigenvalue weighted by molar-refractivity contribution is 7.99. The van der Waals surface area contributed by atoms with Gasteiger partial charge in [0.2, 0.25) is 6.19 Å². The van der Waals surface area contributed by atoms with E-state index in [4.69, 9.17) is 15.4 Å². The van der Waals surface area contributed by atoms with E-state index < -0.39 is 0 Å². The number of nitrogens with zero attached hydrogens (tertiary/aromatic N) is 3. The maximum atomic E-state index is 8.79. The summed E-state index contributed by atoms with van der Waals surface area (Å²) in [6, 6.07) is 0.0532. The number of allylic oxidation sites excluding steroid dienone is 7. The zero-order valence-corrected chi connectivity index (χ0v) is 22.3. The Labute approximate surface area is 210 Å². The molecule has 1 unspecified atom stereocenters. The Balaban J connectivity index is 2.34. The van der Waals surface area contributed by atoms with Gasteiger partial charge in [0.15, 0.2) is 0 Å². The number of nitrogens with one attached hydrogen (secondary N) is 1. The quantitative estimate of drug-likeness (QED) is 0.0849. The van der Waals surface area contributed by atoms with Crippen LogP contribution >= 0.6 is 11.8 Å². The molecule has 0 aliphatic rings. The molecular formula is C27H41N5OS. The Kier molecular flexibility index (Phi) is 15.3. The summed E-state index contributed by atoms with van der Waals surface area (Å²) in [6.07, 6.45) is 20.8. The molecule has 186 valence electrons. The minimum Gasteiger partial charge on any atom is -0.432 e. The zero-order chi connectivity index (χ0) is 25.2. The molecule has 1 aromatic heterocycles. The Bertz CT molecular complexity index is 900. The molecule has 1 heterocycles. The predicted octanol–water partition coefficient (Wildman–Crippen LogP) is 7.17. The van der Waals surface area contributed by atoms with Gasteiger partial charge in [0.05, 0.1) is 12.2 Å². The van der Waals surface area contributed by atoms with Gasteiger partial charge in [-0.05, 0) is 73.1 Å². The first kappa shape index (κ1) is 29.3. The maximum Gasteiger partial charge on any atom is 0.295 e. The number of amidine groups is 1. The van der Waals surface area contributed by atoms with Crippen molar-refractivity contribution in [2.45, 2.75) is 79.2 Å². The zero-order valence-electron chi connectivity index (χ0n) is 21.4. The summed E-state index contributed by atoms with van der Waals surface area (Å²) >= 11 is 1.72. The molecule has 0 aliphatic carbocycles. The molecule has 0 radical (unpaired) electrons. The monoisotopic (exact) mass is 483 g/mol. The molecule has 0 saturated carbocycles. The summed E-state index contributed by atoms with van der Waals surface area (Å²) in [5.74, 6) is 1.76. The Hall–Kier alpha value is -2.72. The van der Waals surface area contributed by atoms with Crippen LogP contribution in [0.3, 0.4) is 0 Å². The molecule has 0 spiro atoms. The van der Waals surface area contributed by atoms with Crippen LogP contribution in [0.25, 0.3) is 0 Å². The highest BCUT2D eigenvalue weighted by atomic mass is 32.2. The average molecular weight is 484 g/mol. The van der Waals surface area contributed by atoms with Crippen molar-refractivity contribution in [2.24, 2.45) is 10.7 Å². The molecule has 34 heavy (non-hydrogen) atoms. The largest absolute Gasteiger partial charge is 0.432 e. The number of nitrogens with two attached hydrogens (primary N) is 1. The molecule has 3 N–H and O–H groups in total. The van der Waals surface area contributed by atoms with Crippen LogP contribution in [0.15, 0.2) is 68.5 Å². The fourth-order valence-electron chi connectivity index (χ4n) is 3.15. The van der Waals surface area contributed by atoms with Gasteiger partial charge in [0.25, 0.3) is 6.01 Å². The summed E-state index contributed by atoms with van der Waals surface area (Å²) in [4.78, 5) is 7.70. The summed E-state index contributed by atoms with van der Waals surface area (Å²) in [6.45, 7) is 11.0. The fourth-order valence-corrected chi connectivity index (χ4v) is 4.18. The third kappa shape index (κ3) is 14.4. The molecule has 7 heteroatoms. The van der Waals surface area contributed by atoms with Crippen LogP contribution in [0, 0.1) is 11.5 Å². The normalized spacial score (nSPS) is 14.0. The molecule has 6 nitrogen and oxygen atoms in total. The number of anilines is 1. The third-order valence-corrected chi connectivity index (χ3v) is 6.23. The lowest BCUT2D eigenvalue weighted by Gasteiger charge is -2.15. The topological polar surface area (TPSA) is 100 Å². The van der Waals surface area contributed by atoms with E-state index in [-0.39, 0.29) is 11.9 Å². The van der Waals surface area contributed by atoms with Crippen LogP contribution in [-0.2, 0) is 0 Å². The van der Waals surface area contributed by atoms with Gasteiger partial charge in [0, 0.05) is 11.5 Å². The number of oxazole rings is 1. The van der Waals surface area contributed by atoms with Crippen molar-refractivity contribution < 1.29 is 4.42 Å². The van der Waals surface area contributed by atoms with Gasteiger partial charge in [-0.15, -0.1) is 0 Å². The van der Waals surface area contributed by atoms with E-state index in [0.29, 0.717) is 11.8 Å². The fraction of sp³-hybridized carbons (Fsp3) is 0.519. The Morgan fingerprint density at radius 1 is 1.06 bits per heavy atom. The first-order chi connectivity index (χ1) is 16.3. The van der Waals surface area contributed by atoms with E-state index in [1.807, 2.05) is 0 Å². The van der Waals surface area contributed by atoms with E-state index >= 15 is 0 Å². The van der Waals surface area contributed by atoms with Crippen molar-refractivity contribution in [1.29, 1.82) is 5.26 Å². The molecule has 0 amide bonds. The van der Waals surface area contributed by atoms with Crippen LogP contribution in [0.5, 0.6) is 0 Å². The second-order valence-electron chi connectivity index (χ2n) is 8.76. The molecule has 0 aliphatic heterocycles. The van der Waals surface area contributed by atoms with Gasteiger partial charge in [-0.25, -0.2) is 4.98 Å². The third-order valence-electron chi connectivity index (χ3n) is 5.25. The van der Waals surface area contributed by atoms with E-state index in [1.165, 1.54) is 28.6 Å². The lowest BCUT2D eigenvalue weighted by atomic mass is 10.0. The van der Waals surface area contributed by atoms with Crippen LogP contribution < -0.4 is 11.1 Å². The summed E-state index contributed by atoms with van der Waals surface area (Å²) in [5.41, 5.74) is 11.6. The van der Waals surface area contributed by atoms with Crippen LogP contribution in [0.2, 0.25) is 0 Å². The van der Waals surface area contributed by atoms with Crippen molar-refractivity contribution in [3.63, 3.8) is 0 Å². The first-order valence-electron chi connectivity index (χ1n) is 11.9. The van der Waals surface area contributed by atoms with Gasteiger partial charge in [0.1, 0.15) is 12.1 Å². The van der Waals surface area contributed by atoms with E-state index in [1.54, 1.807) is 24.2 Å². The van der Waals surface area contributed by atoms with E-state index in [0.717, 1.165) is 44.3 Å². The minimum atomic E-state index is -0.312. The maximum absolute atomic E-state index is 8.79. The van der Waals surface area contributed by atoms with Crippen molar-refractivity contribution in [1.82, 2.24) is 4.98 Å². The molecule has 1 atom stereocenters. The molecule has 0 aromatic carbocycles. The van der Waals surface area contributed by atoms with Crippen molar-refractivity contribution >= 4 is 23.6 Å². The van der Waals surface area contributed by atoms with Gasteiger partial charge >= 0.3 is 0 Å². The van der Waals surface area contributed by atoms with Gasteiger partial charge in [-0.2, -0.15) is 22.0 Å². The molecule has 1 rings (SSSR count). The standard InChI is InChI=1S/C27H41N5OS/c1-21(2)9-6-10-22(3)11-7-12-23(4)13-8-14-24(5)15-18-34-19-25(26(29)31-20-28)32-27-30-16-17-33-27/h9,11,13,15-17,25H,6-8,10,12,14,18-19H2,1-5H3,(H2,29,31)(H,30,32)/b22-11+,23-13+,24-15+. The SMILES string of the molecule is CC(C)=CCC/C(C)=C/CC/C(C)=C/CC/C(C)=C/CSCC(Nc1ncco1)C(N)=NC#N. The number of aromatic nitrogens is 1. The predicted molar refractivity (Wildman–Crippen MR) is 147 cm³/mol. The molecular weight excluding hydrogens is 442 g/mol. The number of rotatable bonds is 16. The van der Waals surface area contributed by atoms with Gasteiger partial charge < -0.3 is 15.5 Å². The summed E-state index contributed by atoms with van der Waals surface area (Å²) in [7, 11) is 0. The summed E-state index contributed by atoms with van der Waals surface area (Å²) < 4.78 is 5.21. The molecule has 0 fully saturated rings. The first-order valence-corrected chi connectivity index (χ1v) is 13.0. The van der Waals surface area contributed by atoms with Crippen molar-refractivity contribution in [3.05, 3.63) is 59.1 Å². The van der Waals surface area contributed by atoms with Gasteiger partial charge in [-0.3, -0.25) is 0 Å². The van der Waals surface area contributed by atoms with Crippen LogP contribution in [-0.4, -0.2) is 28.4 Å². The minimum absolute atomic E-state index is 0.229. The highest BCUT2D eigenvalue weighted by Crippen LogP contribution is 2.15. The molecule has 1 aromatic rings. The van der Waals surface area contributed by atoms with Crippen LogP contribution in [0.1, 0.15) is 73.1 Å². The number of aliphatic imine (C=N–C) groups is 1.